The molecular weight excluding hydrogens is 538 g/mol. The molecule has 2 aliphatic rings. The van der Waals surface area contributed by atoms with Crippen molar-refractivity contribution in [3.05, 3.63) is 23.9 Å². The van der Waals surface area contributed by atoms with Gasteiger partial charge in [0.2, 0.25) is 11.8 Å². The van der Waals surface area contributed by atoms with Gasteiger partial charge in [0.25, 0.3) is 0 Å². The highest BCUT2D eigenvalue weighted by Crippen LogP contribution is 2.28. The number of pyridine rings is 1. The molecule has 0 radical (unpaired) electrons. The highest BCUT2D eigenvalue weighted by atomic mass is 127. The molecule has 1 amide bonds. The molecule has 1 atom stereocenters. The summed E-state index contributed by atoms with van der Waals surface area (Å²) < 4.78 is 42.2. The molecule has 0 spiro atoms. The van der Waals surface area contributed by atoms with Crippen LogP contribution in [0.25, 0.3) is 0 Å². The summed E-state index contributed by atoms with van der Waals surface area (Å²) in [6.07, 6.45) is 2.02. The number of nitrogens with zero attached hydrogens (tertiary/aromatic N) is 3. The molecular formula is C21H31F3IN5O2. The molecule has 1 aliphatic carbocycles. The van der Waals surface area contributed by atoms with Crippen LogP contribution in [-0.2, 0) is 11.3 Å². The number of hydrogen-bond acceptors (Lipinski definition) is 4. The van der Waals surface area contributed by atoms with Crippen molar-refractivity contribution in [1.82, 2.24) is 20.5 Å². The van der Waals surface area contributed by atoms with E-state index in [0.717, 1.165) is 38.6 Å². The van der Waals surface area contributed by atoms with Crippen LogP contribution in [0.3, 0.4) is 0 Å². The van der Waals surface area contributed by atoms with Crippen molar-refractivity contribution in [1.29, 1.82) is 0 Å². The number of likely N-dealkylation sites (tertiary alicyclic amines) is 1. The van der Waals surface area contributed by atoms with E-state index < -0.39 is 12.8 Å². The second-order valence-electron chi connectivity index (χ2n) is 7.96. The lowest BCUT2D eigenvalue weighted by Crippen LogP contribution is -2.45. The molecule has 1 unspecified atom stereocenters. The number of halogens is 4. The number of alkyl halides is 3. The number of guanidine groups is 1. The molecule has 32 heavy (non-hydrogen) atoms. The third-order valence-electron chi connectivity index (χ3n) is 5.52. The van der Waals surface area contributed by atoms with Gasteiger partial charge in [-0.3, -0.25) is 4.79 Å². The van der Waals surface area contributed by atoms with Crippen LogP contribution in [0, 0.1) is 5.92 Å². The number of hydrogen-bond donors (Lipinski definition) is 2. The van der Waals surface area contributed by atoms with E-state index in [4.69, 9.17) is 4.74 Å². The molecule has 0 bridgehead atoms. The van der Waals surface area contributed by atoms with Crippen LogP contribution < -0.4 is 15.4 Å². The minimum atomic E-state index is -4.43. The molecule has 1 saturated carbocycles. The van der Waals surface area contributed by atoms with Gasteiger partial charge in [-0.1, -0.05) is 18.9 Å². The number of nitrogens with one attached hydrogen (secondary N) is 2. The van der Waals surface area contributed by atoms with Gasteiger partial charge in [0, 0.05) is 43.4 Å². The van der Waals surface area contributed by atoms with E-state index in [-0.39, 0.29) is 54.3 Å². The first-order valence-electron chi connectivity index (χ1n) is 10.8. The molecule has 2 heterocycles. The predicted molar refractivity (Wildman–Crippen MR) is 126 cm³/mol. The van der Waals surface area contributed by atoms with Crippen LogP contribution in [0.5, 0.6) is 5.88 Å². The van der Waals surface area contributed by atoms with Gasteiger partial charge in [-0.05, 0) is 32.3 Å². The lowest BCUT2D eigenvalue weighted by Gasteiger charge is -2.21. The molecule has 0 aromatic carbocycles. The molecule has 7 nitrogen and oxygen atoms in total. The van der Waals surface area contributed by atoms with Gasteiger partial charge < -0.3 is 20.3 Å². The Morgan fingerprint density at radius 3 is 2.75 bits per heavy atom. The van der Waals surface area contributed by atoms with Gasteiger partial charge in [0.1, 0.15) is 0 Å². The Kier molecular flexibility index (Phi) is 10.3. The third kappa shape index (κ3) is 7.96. The Hall–Kier alpha value is -1.79. The largest absolute Gasteiger partial charge is 0.468 e. The maximum atomic E-state index is 12.6. The van der Waals surface area contributed by atoms with E-state index in [1.807, 2.05) is 11.8 Å². The van der Waals surface area contributed by atoms with E-state index in [0.29, 0.717) is 24.6 Å². The Bertz CT molecular complexity index is 772. The first-order chi connectivity index (χ1) is 14.9. The third-order valence-corrected chi connectivity index (χ3v) is 5.52. The van der Waals surface area contributed by atoms with Crippen molar-refractivity contribution in [2.75, 3.05) is 26.2 Å². The molecule has 1 saturated heterocycles. The summed E-state index contributed by atoms with van der Waals surface area (Å²) >= 11 is 0. The summed E-state index contributed by atoms with van der Waals surface area (Å²) in [5.41, 5.74) is 0.466. The van der Waals surface area contributed by atoms with Crippen molar-refractivity contribution >= 4 is 35.8 Å². The Morgan fingerprint density at radius 1 is 1.31 bits per heavy atom. The summed E-state index contributed by atoms with van der Waals surface area (Å²) in [5, 5.41) is 6.49. The van der Waals surface area contributed by atoms with E-state index >= 15 is 0 Å². The summed E-state index contributed by atoms with van der Waals surface area (Å²) in [5.74, 6) is 0.897. The van der Waals surface area contributed by atoms with Crippen molar-refractivity contribution in [3.63, 3.8) is 0 Å². The van der Waals surface area contributed by atoms with Crippen LogP contribution in [-0.4, -0.2) is 60.2 Å². The van der Waals surface area contributed by atoms with E-state index in [2.05, 4.69) is 20.6 Å². The standard InChI is InChI=1S/C21H30F3N5O2.HI/c1-2-25-20(27-12-16-8-5-10-26-18(16)31-14-21(22,23)24)28-17-9-11-29(13-17)19(30)15-6-3-4-7-15;/h5,8,10,15,17H,2-4,6-7,9,11-14H2,1H3,(H2,25,27,28);1H. The zero-order valence-corrected chi connectivity index (χ0v) is 20.5. The number of amides is 1. The first kappa shape index (κ1) is 26.5. The number of carbonyl (C=O) groups is 1. The maximum absolute atomic E-state index is 12.6. The Morgan fingerprint density at radius 2 is 2.06 bits per heavy atom. The van der Waals surface area contributed by atoms with Crippen LogP contribution >= 0.6 is 24.0 Å². The summed E-state index contributed by atoms with van der Waals surface area (Å²) in [6, 6.07) is 3.36. The van der Waals surface area contributed by atoms with Crippen molar-refractivity contribution in [2.45, 2.75) is 57.8 Å². The lowest BCUT2D eigenvalue weighted by molar-refractivity contribution is -0.154. The summed E-state index contributed by atoms with van der Waals surface area (Å²) in [7, 11) is 0. The average molecular weight is 569 g/mol. The minimum absolute atomic E-state index is 0. The fourth-order valence-corrected chi connectivity index (χ4v) is 4.01. The maximum Gasteiger partial charge on any atom is 0.422 e. The molecule has 3 rings (SSSR count). The van der Waals surface area contributed by atoms with Crippen molar-refractivity contribution < 1.29 is 22.7 Å². The summed E-state index contributed by atoms with van der Waals surface area (Å²) in [4.78, 5) is 23.0. The second kappa shape index (κ2) is 12.4. The molecule has 180 valence electrons. The van der Waals surface area contributed by atoms with Gasteiger partial charge in [0.15, 0.2) is 12.6 Å². The zero-order valence-electron chi connectivity index (χ0n) is 18.2. The predicted octanol–water partition coefficient (Wildman–Crippen LogP) is 3.49. The Balaban J connectivity index is 0.00000363. The van der Waals surface area contributed by atoms with Gasteiger partial charge in [-0.2, -0.15) is 13.2 Å². The minimum Gasteiger partial charge on any atom is -0.468 e. The first-order valence-corrected chi connectivity index (χ1v) is 10.8. The van der Waals surface area contributed by atoms with Crippen LogP contribution in [0.2, 0.25) is 0 Å². The SMILES string of the molecule is CCNC(=NCc1cccnc1OCC(F)(F)F)NC1CCN(C(=O)C2CCCC2)C1.I. The van der Waals surface area contributed by atoms with Gasteiger partial charge in [-0.15, -0.1) is 24.0 Å². The van der Waals surface area contributed by atoms with Crippen molar-refractivity contribution in [3.8, 4) is 5.88 Å². The fourth-order valence-electron chi connectivity index (χ4n) is 4.01. The fraction of sp³-hybridized carbons (Fsp3) is 0.667. The van der Waals surface area contributed by atoms with Crippen molar-refractivity contribution in [2.24, 2.45) is 10.9 Å². The molecule has 1 aromatic heterocycles. The number of ether oxygens (including phenoxy) is 1. The molecule has 1 aromatic rings. The number of aromatic nitrogens is 1. The van der Waals surface area contributed by atoms with Crippen LogP contribution in [0.1, 0.15) is 44.6 Å². The normalized spacial score (nSPS) is 19.6. The molecule has 2 fully saturated rings. The van der Waals surface area contributed by atoms with Crippen LogP contribution in [0.15, 0.2) is 23.3 Å². The summed E-state index contributed by atoms with van der Waals surface area (Å²) in [6.45, 7) is 2.65. The van der Waals surface area contributed by atoms with Gasteiger partial charge in [-0.25, -0.2) is 9.98 Å². The van der Waals surface area contributed by atoms with Gasteiger partial charge in [0.05, 0.1) is 6.54 Å². The molecule has 2 N–H and O–H groups in total. The number of rotatable bonds is 7. The number of aliphatic imine (C=N–C) groups is 1. The molecule has 1 aliphatic heterocycles. The number of carbonyl (C=O) groups excluding carboxylic acids is 1. The Labute approximate surface area is 203 Å². The second-order valence-corrected chi connectivity index (χ2v) is 7.96. The van der Waals surface area contributed by atoms with E-state index in [1.165, 1.54) is 6.20 Å². The topological polar surface area (TPSA) is 78.9 Å². The van der Waals surface area contributed by atoms with E-state index in [9.17, 15) is 18.0 Å². The smallest absolute Gasteiger partial charge is 0.422 e. The van der Waals surface area contributed by atoms with Crippen LogP contribution in [0.4, 0.5) is 13.2 Å². The lowest BCUT2D eigenvalue weighted by atomic mass is 10.1. The highest BCUT2D eigenvalue weighted by Gasteiger charge is 2.32. The van der Waals surface area contributed by atoms with Gasteiger partial charge >= 0.3 is 6.18 Å². The average Bonchev–Trinajstić information content (AvgIpc) is 3.42. The highest BCUT2D eigenvalue weighted by molar-refractivity contribution is 14.0. The monoisotopic (exact) mass is 569 g/mol. The zero-order chi connectivity index (χ0) is 22.3. The quantitative estimate of drug-likeness (QED) is 0.299. The van der Waals surface area contributed by atoms with E-state index in [1.54, 1.807) is 12.1 Å². The molecule has 11 heteroatoms.